The molecule has 2 rings (SSSR count). The van der Waals surface area contributed by atoms with Gasteiger partial charge in [0.15, 0.2) is 0 Å². The first-order valence-electron chi connectivity index (χ1n) is 4.55. The van der Waals surface area contributed by atoms with Crippen LogP contribution in [0.15, 0.2) is 24.3 Å². The van der Waals surface area contributed by atoms with Gasteiger partial charge in [-0.25, -0.2) is 4.79 Å². The zero-order valence-electron chi connectivity index (χ0n) is 8.40. The molecule has 0 aliphatic rings. The molecule has 2 aromatic rings. The van der Waals surface area contributed by atoms with Gasteiger partial charge in [-0.15, -0.1) is 0 Å². The number of aryl methyl sites for hydroxylation is 1. The molecule has 3 nitrogen and oxygen atoms in total. The number of carbonyl (C=O) groups is 1. The van der Waals surface area contributed by atoms with Crippen molar-refractivity contribution in [2.75, 3.05) is 0 Å². The Morgan fingerprint density at radius 1 is 1.44 bits per heavy atom. The van der Waals surface area contributed by atoms with Gasteiger partial charge in [0.1, 0.15) is 11.3 Å². The molecule has 0 amide bonds. The molecule has 0 spiro atoms. The first-order valence-corrected chi connectivity index (χ1v) is 5.71. The SMILES string of the molecule is Cc1snc(-c2ccccc2Cl)c1C(=O)O. The molecule has 0 bridgehead atoms. The number of aromatic carboxylic acids is 1. The highest BCUT2D eigenvalue weighted by molar-refractivity contribution is 7.06. The summed E-state index contributed by atoms with van der Waals surface area (Å²) in [6, 6.07) is 7.09. The number of benzene rings is 1. The number of nitrogens with zero attached hydrogens (tertiary/aromatic N) is 1. The lowest BCUT2D eigenvalue weighted by atomic mass is 10.1. The summed E-state index contributed by atoms with van der Waals surface area (Å²) in [4.78, 5) is 11.8. The summed E-state index contributed by atoms with van der Waals surface area (Å²) in [7, 11) is 0. The molecule has 0 atom stereocenters. The molecule has 5 heteroatoms. The van der Waals surface area contributed by atoms with Gasteiger partial charge in [0.25, 0.3) is 0 Å². The largest absolute Gasteiger partial charge is 0.478 e. The van der Waals surface area contributed by atoms with Crippen LogP contribution in [0.4, 0.5) is 0 Å². The van der Waals surface area contributed by atoms with E-state index in [4.69, 9.17) is 16.7 Å². The Morgan fingerprint density at radius 2 is 2.12 bits per heavy atom. The zero-order chi connectivity index (χ0) is 11.7. The maximum atomic E-state index is 11.1. The molecule has 16 heavy (non-hydrogen) atoms. The monoisotopic (exact) mass is 253 g/mol. The van der Waals surface area contributed by atoms with Gasteiger partial charge in [-0.1, -0.05) is 29.8 Å². The van der Waals surface area contributed by atoms with Crippen LogP contribution in [-0.4, -0.2) is 15.4 Å². The van der Waals surface area contributed by atoms with E-state index in [0.717, 1.165) is 0 Å². The fraction of sp³-hybridized carbons (Fsp3) is 0.0909. The summed E-state index contributed by atoms with van der Waals surface area (Å²) < 4.78 is 4.14. The van der Waals surface area contributed by atoms with Gasteiger partial charge in [-0.05, 0) is 24.5 Å². The minimum Gasteiger partial charge on any atom is -0.478 e. The van der Waals surface area contributed by atoms with Gasteiger partial charge < -0.3 is 5.11 Å². The molecule has 0 unspecified atom stereocenters. The predicted molar refractivity (Wildman–Crippen MR) is 64.3 cm³/mol. The summed E-state index contributed by atoms with van der Waals surface area (Å²) in [5, 5.41) is 9.62. The minimum absolute atomic E-state index is 0.234. The van der Waals surface area contributed by atoms with Crippen molar-refractivity contribution in [2.45, 2.75) is 6.92 Å². The van der Waals surface area contributed by atoms with Crippen molar-refractivity contribution in [3.63, 3.8) is 0 Å². The van der Waals surface area contributed by atoms with E-state index in [0.29, 0.717) is 21.2 Å². The second kappa shape index (κ2) is 4.23. The standard InChI is InChI=1S/C11H8ClNO2S/c1-6-9(11(14)15)10(13-16-6)7-4-2-3-5-8(7)12/h2-5H,1H3,(H,14,15). The third kappa shape index (κ3) is 1.81. The van der Waals surface area contributed by atoms with Gasteiger partial charge in [-0.3, -0.25) is 0 Å². The summed E-state index contributed by atoms with van der Waals surface area (Å²) in [6.07, 6.45) is 0. The Hall–Kier alpha value is -1.39. The molecule has 0 saturated carbocycles. The normalized spacial score (nSPS) is 10.4. The van der Waals surface area contributed by atoms with Crippen molar-refractivity contribution >= 4 is 29.1 Å². The van der Waals surface area contributed by atoms with E-state index in [1.165, 1.54) is 11.5 Å². The molecular formula is C11H8ClNO2S. The third-order valence-corrected chi connectivity index (χ3v) is 3.29. The van der Waals surface area contributed by atoms with Crippen LogP contribution in [0.3, 0.4) is 0 Å². The lowest BCUT2D eigenvalue weighted by Gasteiger charge is -2.01. The molecule has 1 N–H and O–H groups in total. The molecule has 1 aromatic carbocycles. The quantitative estimate of drug-likeness (QED) is 0.892. The van der Waals surface area contributed by atoms with Crippen LogP contribution in [0, 0.1) is 6.92 Å². The van der Waals surface area contributed by atoms with Crippen molar-refractivity contribution < 1.29 is 9.90 Å². The third-order valence-electron chi connectivity index (χ3n) is 2.21. The Kier molecular flexibility index (Phi) is 2.94. The van der Waals surface area contributed by atoms with Gasteiger partial charge in [0, 0.05) is 10.4 Å². The van der Waals surface area contributed by atoms with E-state index in [2.05, 4.69) is 4.37 Å². The number of aromatic nitrogens is 1. The molecule has 1 aromatic heterocycles. The van der Waals surface area contributed by atoms with Crippen LogP contribution in [0.1, 0.15) is 15.2 Å². The zero-order valence-corrected chi connectivity index (χ0v) is 9.97. The van der Waals surface area contributed by atoms with Crippen LogP contribution >= 0.6 is 23.1 Å². The van der Waals surface area contributed by atoms with Gasteiger partial charge in [-0.2, -0.15) is 4.37 Å². The average Bonchev–Trinajstić information content (AvgIpc) is 2.61. The second-order valence-corrected chi connectivity index (χ2v) is 4.63. The van der Waals surface area contributed by atoms with Gasteiger partial charge in [0.2, 0.25) is 0 Å². The van der Waals surface area contributed by atoms with Crippen molar-refractivity contribution in [2.24, 2.45) is 0 Å². The number of carboxylic acid groups (broad SMARTS) is 1. The summed E-state index contributed by atoms with van der Waals surface area (Å²) >= 11 is 7.19. The number of carboxylic acids is 1. The lowest BCUT2D eigenvalue weighted by Crippen LogP contribution is -1.99. The lowest BCUT2D eigenvalue weighted by molar-refractivity contribution is 0.0697. The topological polar surface area (TPSA) is 50.2 Å². The molecule has 82 valence electrons. The second-order valence-electron chi connectivity index (χ2n) is 3.25. The number of hydrogen-bond donors (Lipinski definition) is 1. The van der Waals surface area contributed by atoms with Gasteiger partial charge >= 0.3 is 5.97 Å². The van der Waals surface area contributed by atoms with Crippen LogP contribution in [0.5, 0.6) is 0 Å². The number of halogens is 1. The van der Waals surface area contributed by atoms with Gasteiger partial charge in [0.05, 0.1) is 5.02 Å². The molecule has 0 saturated heterocycles. The molecule has 0 radical (unpaired) electrons. The Labute approximate surface area is 101 Å². The molecule has 0 fully saturated rings. The van der Waals surface area contributed by atoms with E-state index in [1.807, 2.05) is 6.07 Å². The first kappa shape index (κ1) is 11.1. The highest BCUT2D eigenvalue weighted by Crippen LogP contribution is 2.32. The van der Waals surface area contributed by atoms with Crippen LogP contribution < -0.4 is 0 Å². The number of rotatable bonds is 2. The molecule has 0 aliphatic heterocycles. The fourth-order valence-corrected chi connectivity index (χ4v) is 2.38. The summed E-state index contributed by atoms with van der Waals surface area (Å²) in [6.45, 7) is 1.74. The summed E-state index contributed by atoms with van der Waals surface area (Å²) in [5.41, 5.74) is 1.34. The average molecular weight is 254 g/mol. The fourth-order valence-electron chi connectivity index (χ4n) is 1.46. The molecular weight excluding hydrogens is 246 g/mol. The van der Waals surface area contributed by atoms with Crippen LogP contribution in [0.2, 0.25) is 5.02 Å². The maximum absolute atomic E-state index is 11.1. The Bertz CT molecular complexity index is 551. The van der Waals surface area contributed by atoms with E-state index in [1.54, 1.807) is 25.1 Å². The number of hydrogen-bond acceptors (Lipinski definition) is 3. The Morgan fingerprint density at radius 3 is 2.75 bits per heavy atom. The Balaban J connectivity index is 2.66. The van der Waals surface area contributed by atoms with Crippen molar-refractivity contribution in [3.8, 4) is 11.3 Å². The minimum atomic E-state index is -0.971. The van der Waals surface area contributed by atoms with E-state index < -0.39 is 5.97 Å². The first-order chi connectivity index (χ1) is 7.61. The molecule has 0 aliphatic carbocycles. The van der Waals surface area contributed by atoms with Crippen LogP contribution in [0.25, 0.3) is 11.3 Å². The van der Waals surface area contributed by atoms with E-state index >= 15 is 0 Å². The van der Waals surface area contributed by atoms with E-state index in [-0.39, 0.29) is 5.56 Å². The van der Waals surface area contributed by atoms with Crippen molar-refractivity contribution in [1.82, 2.24) is 4.37 Å². The van der Waals surface area contributed by atoms with Crippen LogP contribution in [-0.2, 0) is 0 Å². The summed E-state index contributed by atoms with van der Waals surface area (Å²) in [5.74, 6) is -0.971. The maximum Gasteiger partial charge on any atom is 0.339 e. The van der Waals surface area contributed by atoms with Crippen molar-refractivity contribution in [1.29, 1.82) is 0 Å². The van der Waals surface area contributed by atoms with Crippen molar-refractivity contribution in [3.05, 3.63) is 39.7 Å². The predicted octanol–water partition coefficient (Wildman–Crippen LogP) is 3.47. The molecule has 1 heterocycles. The highest BCUT2D eigenvalue weighted by Gasteiger charge is 2.20. The van der Waals surface area contributed by atoms with E-state index in [9.17, 15) is 4.79 Å². The smallest absolute Gasteiger partial charge is 0.339 e. The highest BCUT2D eigenvalue weighted by atomic mass is 35.5.